The van der Waals surface area contributed by atoms with E-state index in [0.717, 1.165) is 23.5 Å². The van der Waals surface area contributed by atoms with E-state index in [9.17, 15) is 9.59 Å². The molecule has 0 saturated carbocycles. The highest BCUT2D eigenvalue weighted by molar-refractivity contribution is 7.12. The summed E-state index contributed by atoms with van der Waals surface area (Å²) in [5.74, 6) is -0.345. The number of nitrogens with one attached hydrogen (secondary N) is 1. The number of thiophene rings is 1. The predicted octanol–water partition coefficient (Wildman–Crippen LogP) is 5.66. The lowest BCUT2D eigenvalue weighted by Crippen LogP contribution is -2.30. The number of carbonyl (C=O) groups excluding carboxylic acids is 2. The summed E-state index contributed by atoms with van der Waals surface area (Å²) in [6, 6.07) is 20.7. The van der Waals surface area contributed by atoms with Crippen LogP contribution in [0.15, 0.2) is 78.3 Å². The van der Waals surface area contributed by atoms with Crippen LogP contribution in [0.4, 0.5) is 11.4 Å². The van der Waals surface area contributed by atoms with Crippen LogP contribution in [0.25, 0.3) is 0 Å². The summed E-state index contributed by atoms with van der Waals surface area (Å²) in [5, 5.41) is 5.03. The number of aromatic nitrogens is 1. The fraction of sp³-hybridized carbons (Fsp3) is 0.0833. The average molecular weight is 448 g/mol. The molecule has 1 aliphatic rings. The van der Waals surface area contributed by atoms with E-state index in [1.165, 1.54) is 11.3 Å². The first-order chi connectivity index (χ1) is 15.1. The molecule has 2 aromatic carbocycles. The third-order valence-electron chi connectivity index (χ3n) is 5.33. The number of para-hydroxylation sites is 1. The minimum absolute atomic E-state index is 0.0822. The van der Waals surface area contributed by atoms with Gasteiger partial charge in [-0.25, -0.2) is 0 Å². The first-order valence-electron chi connectivity index (χ1n) is 9.78. The highest BCUT2D eigenvalue weighted by Gasteiger charge is 2.24. The average Bonchev–Trinajstić information content (AvgIpc) is 3.38. The maximum atomic E-state index is 13.4. The Morgan fingerprint density at radius 2 is 1.74 bits per heavy atom. The number of benzene rings is 2. The number of hydrogen-bond donors (Lipinski definition) is 1. The van der Waals surface area contributed by atoms with Gasteiger partial charge in [0.25, 0.3) is 11.8 Å². The van der Waals surface area contributed by atoms with Crippen LogP contribution >= 0.6 is 22.9 Å². The van der Waals surface area contributed by atoms with Crippen LogP contribution in [0.3, 0.4) is 0 Å². The highest BCUT2D eigenvalue weighted by atomic mass is 35.5. The molecule has 31 heavy (non-hydrogen) atoms. The first-order valence-corrected chi connectivity index (χ1v) is 11.0. The zero-order valence-electron chi connectivity index (χ0n) is 16.4. The Bertz CT molecular complexity index is 1280. The van der Waals surface area contributed by atoms with E-state index in [-0.39, 0.29) is 11.8 Å². The summed E-state index contributed by atoms with van der Waals surface area (Å²) in [6.07, 6.45) is 2.04. The summed E-state index contributed by atoms with van der Waals surface area (Å²) < 4.78 is 2.17. The van der Waals surface area contributed by atoms with Crippen molar-refractivity contribution in [2.24, 2.45) is 0 Å². The zero-order chi connectivity index (χ0) is 21.4. The van der Waals surface area contributed by atoms with Gasteiger partial charge in [-0.15, -0.1) is 11.3 Å². The molecular weight excluding hydrogens is 430 g/mol. The molecule has 0 spiro atoms. The number of anilines is 2. The molecule has 0 fully saturated rings. The molecule has 0 bridgehead atoms. The number of fused-ring (bicyclic) bond motifs is 2. The minimum Gasteiger partial charge on any atom is -0.345 e. The van der Waals surface area contributed by atoms with Crippen molar-refractivity contribution in [2.75, 3.05) is 10.2 Å². The molecule has 3 heterocycles. The van der Waals surface area contributed by atoms with Gasteiger partial charge in [-0.1, -0.05) is 29.8 Å². The Kier molecular flexibility index (Phi) is 5.10. The molecule has 0 aliphatic carbocycles. The van der Waals surface area contributed by atoms with Crippen LogP contribution in [0, 0.1) is 0 Å². The molecule has 7 heteroatoms. The summed E-state index contributed by atoms with van der Waals surface area (Å²) in [4.78, 5) is 28.1. The number of halogens is 1. The summed E-state index contributed by atoms with van der Waals surface area (Å²) >= 11 is 7.32. The molecule has 0 atom stereocenters. The van der Waals surface area contributed by atoms with E-state index in [1.54, 1.807) is 35.7 Å². The van der Waals surface area contributed by atoms with Crippen LogP contribution in [-0.2, 0) is 13.1 Å². The fourth-order valence-electron chi connectivity index (χ4n) is 3.76. The van der Waals surface area contributed by atoms with Crippen LogP contribution in [0.1, 0.15) is 31.3 Å². The molecule has 5 nitrogen and oxygen atoms in total. The lowest BCUT2D eigenvalue weighted by atomic mass is 10.1. The Balaban J connectivity index is 1.40. The SMILES string of the molecule is O=C(Nc1ccc(C(=O)N2Cc3cccn3Cc3ccccc32)cc1)c1sccc1Cl. The van der Waals surface area contributed by atoms with Crippen LogP contribution in [-0.4, -0.2) is 16.4 Å². The first kappa shape index (κ1) is 19.6. The minimum atomic E-state index is -0.263. The maximum Gasteiger partial charge on any atom is 0.267 e. The topological polar surface area (TPSA) is 54.3 Å². The quantitative estimate of drug-likeness (QED) is 0.440. The number of carbonyl (C=O) groups is 2. The summed E-state index contributed by atoms with van der Waals surface area (Å²) in [5.41, 5.74) is 4.27. The Hall–Kier alpha value is -3.35. The van der Waals surface area contributed by atoms with E-state index < -0.39 is 0 Å². The van der Waals surface area contributed by atoms with Crippen molar-refractivity contribution >= 4 is 46.1 Å². The standard InChI is InChI=1S/C24H18ClN3O2S/c25-20-11-13-31-22(20)23(29)26-18-9-7-16(8-10-18)24(30)28-15-19-5-3-12-27(19)14-17-4-1-2-6-21(17)28/h1-13H,14-15H2,(H,26,29). The molecule has 5 rings (SSSR count). The molecule has 154 valence electrons. The lowest BCUT2D eigenvalue weighted by molar-refractivity contribution is 0.0984. The summed E-state index contributed by atoms with van der Waals surface area (Å²) in [6.45, 7) is 1.23. The summed E-state index contributed by atoms with van der Waals surface area (Å²) in [7, 11) is 0. The molecule has 0 radical (unpaired) electrons. The Morgan fingerprint density at radius 3 is 2.52 bits per heavy atom. The van der Waals surface area contributed by atoms with Gasteiger partial charge in [0.1, 0.15) is 4.88 Å². The van der Waals surface area contributed by atoms with Crippen LogP contribution in [0.2, 0.25) is 5.02 Å². The normalized spacial score (nSPS) is 12.6. The van der Waals surface area contributed by atoms with E-state index in [0.29, 0.717) is 27.7 Å². The maximum absolute atomic E-state index is 13.4. The second-order valence-electron chi connectivity index (χ2n) is 7.28. The molecule has 4 aromatic rings. The van der Waals surface area contributed by atoms with E-state index in [2.05, 4.69) is 16.0 Å². The van der Waals surface area contributed by atoms with Gasteiger partial charge < -0.3 is 14.8 Å². The number of hydrogen-bond acceptors (Lipinski definition) is 3. The van der Waals surface area contributed by atoms with Crippen molar-refractivity contribution in [3.8, 4) is 0 Å². The Morgan fingerprint density at radius 1 is 0.935 bits per heavy atom. The van der Waals surface area contributed by atoms with Crippen LogP contribution < -0.4 is 10.2 Å². The molecule has 0 saturated heterocycles. The number of nitrogens with zero attached hydrogens (tertiary/aromatic N) is 2. The molecule has 2 amide bonds. The smallest absolute Gasteiger partial charge is 0.267 e. The van der Waals surface area contributed by atoms with Gasteiger partial charge in [-0.2, -0.15) is 0 Å². The third kappa shape index (κ3) is 3.76. The van der Waals surface area contributed by atoms with Gasteiger partial charge in [0.2, 0.25) is 0 Å². The van der Waals surface area contributed by atoms with Crippen molar-refractivity contribution in [2.45, 2.75) is 13.1 Å². The molecule has 2 aromatic heterocycles. The molecule has 1 aliphatic heterocycles. The third-order valence-corrected chi connectivity index (χ3v) is 6.67. The monoisotopic (exact) mass is 447 g/mol. The van der Waals surface area contributed by atoms with Gasteiger partial charge in [0.15, 0.2) is 0 Å². The van der Waals surface area contributed by atoms with E-state index in [1.807, 2.05) is 41.4 Å². The van der Waals surface area contributed by atoms with Gasteiger partial charge in [-0.05, 0) is 59.5 Å². The second-order valence-corrected chi connectivity index (χ2v) is 8.60. The second kappa shape index (κ2) is 8.06. The van der Waals surface area contributed by atoms with Crippen molar-refractivity contribution < 1.29 is 9.59 Å². The Labute approximate surface area is 188 Å². The lowest BCUT2D eigenvalue weighted by Gasteiger charge is -2.23. The van der Waals surface area contributed by atoms with Crippen molar-refractivity contribution in [3.63, 3.8) is 0 Å². The van der Waals surface area contributed by atoms with Crippen molar-refractivity contribution in [1.82, 2.24) is 4.57 Å². The van der Waals surface area contributed by atoms with Gasteiger partial charge >= 0.3 is 0 Å². The van der Waals surface area contributed by atoms with Gasteiger partial charge in [-0.3, -0.25) is 9.59 Å². The van der Waals surface area contributed by atoms with Crippen molar-refractivity contribution in [3.05, 3.63) is 105 Å². The van der Waals surface area contributed by atoms with Gasteiger partial charge in [0, 0.05) is 35.4 Å². The largest absolute Gasteiger partial charge is 0.345 e. The molecule has 0 unspecified atom stereocenters. The predicted molar refractivity (Wildman–Crippen MR) is 124 cm³/mol. The molecular formula is C24H18ClN3O2S. The number of amides is 2. The number of rotatable bonds is 3. The fourth-order valence-corrected chi connectivity index (χ4v) is 4.80. The zero-order valence-corrected chi connectivity index (χ0v) is 18.0. The molecule has 1 N–H and O–H groups in total. The van der Waals surface area contributed by atoms with Gasteiger partial charge in [0.05, 0.1) is 11.6 Å². The van der Waals surface area contributed by atoms with E-state index >= 15 is 0 Å². The van der Waals surface area contributed by atoms with Crippen LogP contribution in [0.5, 0.6) is 0 Å². The van der Waals surface area contributed by atoms with E-state index in [4.69, 9.17) is 11.6 Å². The van der Waals surface area contributed by atoms with Crippen molar-refractivity contribution in [1.29, 1.82) is 0 Å². The highest BCUT2D eigenvalue weighted by Crippen LogP contribution is 2.29.